The Morgan fingerprint density at radius 3 is 2.63 bits per heavy atom. The number of methoxy groups -OCH3 is 1. The van der Waals surface area contributed by atoms with Crippen LogP contribution < -0.4 is 15.1 Å². The summed E-state index contributed by atoms with van der Waals surface area (Å²) in [7, 11) is -1.48. The summed E-state index contributed by atoms with van der Waals surface area (Å²) in [5.41, 5.74) is 2.04. The number of likely N-dealkylation sites (tertiary alicyclic amines) is 1. The lowest BCUT2D eigenvalue weighted by Gasteiger charge is -2.44. The van der Waals surface area contributed by atoms with Crippen molar-refractivity contribution in [1.29, 1.82) is 0 Å². The van der Waals surface area contributed by atoms with Crippen LogP contribution in [0.15, 0.2) is 49.3 Å². The van der Waals surface area contributed by atoms with Crippen LogP contribution in [0.3, 0.4) is 0 Å². The number of nitrogens with zero attached hydrogens (tertiary/aromatic N) is 6. The number of hydrogen-bond donors (Lipinski definition) is 1. The maximum absolute atomic E-state index is 14.6. The van der Waals surface area contributed by atoms with Crippen molar-refractivity contribution in [3.05, 3.63) is 54.9 Å². The van der Waals surface area contributed by atoms with Crippen molar-refractivity contribution in [2.24, 2.45) is 5.92 Å². The van der Waals surface area contributed by atoms with Crippen LogP contribution in [-0.2, 0) is 19.4 Å². The Morgan fingerprint density at radius 2 is 1.89 bits per heavy atom. The standard InChI is InChI=1S/C33H40FN7O4S/c1-3-32(42)41-13-4-6-27(41)22-8-9-26(40-18-21(19-40)29-7-5-15-46(29,43)44)24-17-36-31(16-23(22)24)37-30-10-12-35-33(38-30)39-14-11-28(45-2)25(34)20-39/h3,8-10,12,16-17,21,25,27-29H,1,4-7,11,13-15,18-20H2,2H3,(H,35,36,37,38)/t25-,27+,28+,29-/m0/s1. The number of hydrogen-bond acceptors (Lipinski definition) is 10. The van der Waals surface area contributed by atoms with Crippen LogP contribution in [-0.4, -0.2) is 97.3 Å². The minimum absolute atomic E-state index is 0.0888. The molecular formula is C33H40FN7O4S. The van der Waals surface area contributed by atoms with E-state index in [-0.39, 0.29) is 29.7 Å². The third kappa shape index (κ3) is 5.68. The van der Waals surface area contributed by atoms with E-state index in [1.165, 1.54) is 13.2 Å². The van der Waals surface area contributed by atoms with Gasteiger partial charge in [0.2, 0.25) is 11.9 Å². The van der Waals surface area contributed by atoms with Crippen molar-refractivity contribution in [3.8, 4) is 0 Å². The van der Waals surface area contributed by atoms with Crippen LogP contribution in [0.4, 0.5) is 27.7 Å². The number of sulfone groups is 1. The zero-order valence-corrected chi connectivity index (χ0v) is 26.8. The molecule has 0 unspecified atom stereocenters. The number of anilines is 4. The summed E-state index contributed by atoms with van der Waals surface area (Å²) in [6, 6.07) is 7.83. The number of carbonyl (C=O) groups excluding carboxylic acids is 1. The van der Waals surface area contributed by atoms with Crippen LogP contribution in [0.1, 0.15) is 43.7 Å². The number of carbonyl (C=O) groups is 1. The van der Waals surface area contributed by atoms with E-state index in [1.807, 2.05) is 22.1 Å². The Kier molecular flexibility index (Phi) is 8.30. The van der Waals surface area contributed by atoms with Gasteiger partial charge >= 0.3 is 0 Å². The fourth-order valence-corrected chi connectivity index (χ4v) is 9.83. The normalized spacial score (nSPS) is 26.3. The highest BCUT2D eigenvalue weighted by molar-refractivity contribution is 7.92. The van der Waals surface area contributed by atoms with Gasteiger partial charge < -0.3 is 24.8 Å². The molecule has 0 aliphatic carbocycles. The largest absolute Gasteiger partial charge is 0.378 e. The highest BCUT2D eigenvalue weighted by Gasteiger charge is 2.43. The van der Waals surface area contributed by atoms with E-state index in [0.717, 1.165) is 47.7 Å². The van der Waals surface area contributed by atoms with Crippen LogP contribution in [0.2, 0.25) is 0 Å². The fourth-order valence-electron chi connectivity index (χ4n) is 7.67. The monoisotopic (exact) mass is 649 g/mol. The Morgan fingerprint density at radius 1 is 1.04 bits per heavy atom. The second kappa shape index (κ2) is 12.4. The van der Waals surface area contributed by atoms with E-state index in [4.69, 9.17) is 9.72 Å². The molecule has 1 amide bonds. The minimum atomic E-state index is -3.01. The van der Waals surface area contributed by atoms with Crippen molar-refractivity contribution in [2.75, 3.05) is 60.7 Å². The Bertz CT molecular complexity index is 1750. The number of piperidine rings is 1. The van der Waals surface area contributed by atoms with Gasteiger partial charge in [-0.3, -0.25) is 4.79 Å². The van der Waals surface area contributed by atoms with Crippen molar-refractivity contribution >= 4 is 49.8 Å². The molecule has 7 rings (SSSR count). The van der Waals surface area contributed by atoms with Crippen molar-refractivity contribution in [3.63, 3.8) is 0 Å². The maximum atomic E-state index is 14.6. The molecule has 244 valence electrons. The number of alkyl halides is 1. The molecule has 11 nitrogen and oxygen atoms in total. The number of pyridine rings is 1. The van der Waals surface area contributed by atoms with Gasteiger partial charge in [-0.15, -0.1) is 0 Å². The number of benzene rings is 1. The average Bonchev–Trinajstić information content (AvgIpc) is 3.66. The van der Waals surface area contributed by atoms with Crippen molar-refractivity contribution in [1.82, 2.24) is 19.9 Å². The van der Waals surface area contributed by atoms with Gasteiger partial charge in [-0.2, -0.15) is 4.98 Å². The lowest BCUT2D eigenvalue weighted by atomic mass is 9.91. The van der Waals surface area contributed by atoms with E-state index < -0.39 is 22.1 Å². The predicted molar refractivity (Wildman–Crippen MR) is 176 cm³/mol. The van der Waals surface area contributed by atoms with Gasteiger partial charge in [0.25, 0.3) is 0 Å². The molecule has 1 N–H and O–H groups in total. The molecule has 4 fully saturated rings. The summed E-state index contributed by atoms with van der Waals surface area (Å²) in [6.45, 7) is 6.51. The molecule has 3 aromatic rings. The van der Waals surface area contributed by atoms with Gasteiger partial charge in [-0.05, 0) is 67.3 Å². The number of aromatic nitrogens is 3. The molecule has 0 radical (unpaired) electrons. The Labute approximate surface area is 268 Å². The first-order valence-corrected chi connectivity index (χ1v) is 17.8. The molecule has 4 aliphatic rings. The van der Waals surface area contributed by atoms with E-state index in [0.29, 0.717) is 55.9 Å². The summed E-state index contributed by atoms with van der Waals surface area (Å²) < 4.78 is 45.0. The number of nitrogens with one attached hydrogen (secondary N) is 1. The van der Waals surface area contributed by atoms with Crippen LogP contribution in [0.5, 0.6) is 0 Å². The predicted octanol–water partition coefficient (Wildman–Crippen LogP) is 4.19. The zero-order chi connectivity index (χ0) is 32.0. The van der Waals surface area contributed by atoms with E-state index >= 15 is 0 Å². The number of amides is 1. The van der Waals surface area contributed by atoms with Gasteiger partial charge in [0, 0.05) is 62.7 Å². The van der Waals surface area contributed by atoms with Gasteiger partial charge in [-0.1, -0.05) is 12.6 Å². The molecule has 46 heavy (non-hydrogen) atoms. The first kappa shape index (κ1) is 30.8. The van der Waals surface area contributed by atoms with E-state index in [2.05, 4.69) is 38.9 Å². The lowest BCUT2D eigenvalue weighted by Crippen LogP contribution is -2.53. The summed E-state index contributed by atoms with van der Waals surface area (Å²) in [6.07, 6.45) is 7.11. The molecule has 4 atom stereocenters. The van der Waals surface area contributed by atoms with Gasteiger partial charge in [0.05, 0.1) is 29.7 Å². The molecule has 0 bridgehead atoms. The highest BCUT2D eigenvalue weighted by Crippen LogP contribution is 2.42. The molecule has 4 aliphatic heterocycles. The van der Waals surface area contributed by atoms with Gasteiger partial charge in [0.15, 0.2) is 9.84 Å². The maximum Gasteiger partial charge on any atom is 0.246 e. The average molecular weight is 650 g/mol. The molecule has 1 aromatic carbocycles. The smallest absolute Gasteiger partial charge is 0.246 e. The van der Waals surface area contributed by atoms with E-state index in [9.17, 15) is 17.6 Å². The lowest BCUT2D eigenvalue weighted by molar-refractivity contribution is -0.126. The number of rotatable bonds is 8. The molecule has 4 saturated heterocycles. The number of halogens is 1. The number of fused-ring (bicyclic) bond motifs is 1. The van der Waals surface area contributed by atoms with Crippen molar-refractivity contribution in [2.45, 2.75) is 55.7 Å². The summed E-state index contributed by atoms with van der Waals surface area (Å²) in [5.74, 6) is 1.89. The molecule has 13 heteroatoms. The minimum Gasteiger partial charge on any atom is -0.378 e. The second-order valence-electron chi connectivity index (χ2n) is 12.8. The fraction of sp³-hybridized carbons (Fsp3) is 0.515. The second-order valence-corrected chi connectivity index (χ2v) is 15.1. The van der Waals surface area contributed by atoms with Crippen LogP contribution in [0.25, 0.3) is 10.8 Å². The SMILES string of the molecule is C=CC(=O)N1CCC[C@@H]1c1ccc(N2CC([C@@H]3CCCS3(=O)=O)C2)c2cnc(Nc3ccnc(N4CC[C@@H](OC)[C@@H](F)C4)n3)cc12. The van der Waals surface area contributed by atoms with Crippen LogP contribution >= 0.6 is 0 Å². The first-order valence-electron chi connectivity index (χ1n) is 16.1. The third-order valence-corrected chi connectivity index (χ3v) is 12.5. The summed E-state index contributed by atoms with van der Waals surface area (Å²) in [5, 5.41) is 4.99. The van der Waals surface area contributed by atoms with E-state index in [1.54, 1.807) is 12.3 Å². The molecule has 0 saturated carbocycles. The zero-order valence-electron chi connectivity index (χ0n) is 26.0. The van der Waals surface area contributed by atoms with Gasteiger partial charge in [-0.25, -0.2) is 22.8 Å². The summed E-state index contributed by atoms with van der Waals surface area (Å²) in [4.78, 5) is 32.5. The Balaban J connectivity index is 1.19. The topological polar surface area (TPSA) is 121 Å². The van der Waals surface area contributed by atoms with Gasteiger partial charge in [0.1, 0.15) is 17.8 Å². The Hall–Kier alpha value is -3.84. The quantitative estimate of drug-likeness (QED) is 0.356. The highest BCUT2D eigenvalue weighted by atomic mass is 32.2. The molecule has 0 spiro atoms. The van der Waals surface area contributed by atoms with Crippen molar-refractivity contribution < 1.29 is 22.3 Å². The molecule has 6 heterocycles. The third-order valence-electron chi connectivity index (χ3n) is 10.1. The summed E-state index contributed by atoms with van der Waals surface area (Å²) >= 11 is 0. The molecular weight excluding hydrogens is 609 g/mol. The number of ether oxygens (including phenoxy) is 1. The first-order chi connectivity index (χ1) is 22.3. The molecule has 2 aromatic heterocycles. The van der Waals surface area contributed by atoms with Crippen LogP contribution in [0, 0.1) is 5.92 Å².